The molecule has 0 aromatic heterocycles. The predicted octanol–water partition coefficient (Wildman–Crippen LogP) is 3.25. The van der Waals surface area contributed by atoms with Crippen LogP contribution in [-0.2, 0) is 0 Å². The molecule has 3 nitrogen and oxygen atoms in total. The molecule has 0 heterocycles. The first-order valence-electron chi connectivity index (χ1n) is 7.13. The average Bonchev–Trinajstić information content (AvgIpc) is 2.42. The van der Waals surface area contributed by atoms with E-state index in [1.54, 1.807) is 7.11 Å². The first kappa shape index (κ1) is 15.8. The number of hydrogen-bond acceptors (Lipinski definition) is 3. The molecule has 3 heteroatoms. The molecule has 1 aromatic rings. The van der Waals surface area contributed by atoms with E-state index in [1.807, 2.05) is 7.05 Å². The molecule has 0 spiro atoms. The van der Waals surface area contributed by atoms with E-state index >= 15 is 0 Å². The lowest BCUT2D eigenvalue weighted by Crippen LogP contribution is -2.20. The summed E-state index contributed by atoms with van der Waals surface area (Å²) in [5.74, 6) is 1.51. The molecule has 0 aliphatic rings. The van der Waals surface area contributed by atoms with Crippen molar-refractivity contribution in [3.8, 4) is 5.75 Å². The maximum absolute atomic E-state index is 5.53. The largest absolute Gasteiger partial charge is 0.495 e. The molecule has 0 saturated heterocycles. The number of rotatable bonds is 8. The van der Waals surface area contributed by atoms with Crippen LogP contribution in [0.4, 0.5) is 5.69 Å². The predicted molar refractivity (Wildman–Crippen MR) is 83.5 cm³/mol. The standard InChI is InChI=1S/C16H28N2O/c1-13(2)14-8-9-15(16(12-14)19-5)18(4)11-7-6-10-17-3/h8-9,12-13,17H,6-7,10-11H2,1-5H3. The molecule has 0 saturated carbocycles. The van der Waals surface area contributed by atoms with Crippen LogP contribution in [0.25, 0.3) is 0 Å². The Hall–Kier alpha value is -1.22. The molecule has 0 bridgehead atoms. The minimum absolute atomic E-state index is 0.531. The summed E-state index contributed by atoms with van der Waals surface area (Å²) in [5, 5.41) is 3.18. The maximum atomic E-state index is 5.53. The second-order valence-corrected chi connectivity index (χ2v) is 5.32. The summed E-state index contributed by atoms with van der Waals surface area (Å²) in [7, 11) is 5.88. The fourth-order valence-electron chi connectivity index (χ4n) is 2.14. The SMILES string of the molecule is CNCCCCN(C)c1ccc(C(C)C)cc1OC. The third-order valence-electron chi connectivity index (χ3n) is 3.45. The average molecular weight is 264 g/mol. The highest BCUT2D eigenvalue weighted by molar-refractivity contribution is 5.59. The highest BCUT2D eigenvalue weighted by atomic mass is 16.5. The van der Waals surface area contributed by atoms with Crippen molar-refractivity contribution in [1.29, 1.82) is 0 Å². The third-order valence-corrected chi connectivity index (χ3v) is 3.45. The van der Waals surface area contributed by atoms with E-state index in [0.717, 1.165) is 18.8 Å². The lowest BCUT2D eigenvalue weighted by molar-refractivity contribution is 0.414. The van der Waals surface area contributed by atoms with E-state index in [4.69, 9.17) is 4.74 Å². The number of unbranched alkanes of at least 4 members (excludes halogenated alkanes) is 1. The fraction of sp³-hybridized carbons (Fsp3) is 0.625. The first-order valence-corrected chi connectivity index (χ1v) is 7.13. The van der Waals surface area contributed by atoms with Gasteiger partial charge in [0.2, 0.25) is 0 Å². The maximum Gasteiger partial charge on any atom is 0.142 e. The van der Waals surface area contributed by atoms with Crippen LogP contribution >= 0.6 is 0 Å². The number of methoxy groups -OCH3 is 1. The van der Waals surface area contributed by atoms with Crippen LogP contribution < -0.4 is 15.0 Å². The highest BCUT2D eigenvalue weighted by Gasteiger charge is 2.10. The van der Waals surface area contributed by atoms with Crippen molar-refractivity contribution in [3.63, 3.8) is 0 Å². The van der Waals surface area contributed by atoms with Gasteiger partial charge in [0, 0.05) is 13.6 Å². The lowest BCUT2D eigenvalue weighted by atomic mass is 10.0. The number of nitrogens with zero attached hydrogens (tertiary/aromatic N) is 1. The van der Waals surface area contributed by atoms with Gasteiger partial charge in [0.05, 0.1) is 12.8 Å². The second kappa shape index (κ2) is 8.05. The van der Waals surface area contributed by atoms with Gasteiger partial charge in [-0.15, -0.1) is 0 Å². The molecule has 1 N–H and O–H groups in total. The summed E-state index contributed by atoms with van der Waals surface area (Å²) in [6, 6.07) is 6.53. The molecule has 19 heavy (non-hydrogen) atoms. The monoisotopic (exact) mass is 264 g/mol. The van der Waals surface area contributed by atoms with E-state index < -0.39 is 0 Å². The molecular formula is C16H28N2O. The number of benzene rings is 1. The molecular weight excluding hydrogens is 236 g/mol. The van der Waals surface area contributed by atoms with Crippen molar-refractivity contribution in [3.05, 3.63) is 23.8 Å². The van der Waals surface area contributed by atoms with E-state index in [0.29, 0.717) is 5.92 Å². The molecule has 0 amide bonds. The zero-order valence-corrected chi connectivity index (χ0v) is 13.0. The summed E-state index contributed by atoms with van der Waals surface area (Å²) in [6.45, 7) is 6.54. The Balaban J connectivity index is 2.70. The minimum atomic E-state index is 0.531. The van der Waals surface area contributed by atoms with Gasteiger partial charge in [-0.25, -0.2) is 0 Å². The van der Waals surface area contributed by atoms with Gasteiger partial charge in [0.1, 0.15) is 5.75 Å². The number of anilines is 1. The summed E-state index contributed by atoms with van der Waals surface area (Å²) < 4.78 is 5.53. The van der Waals surface area contributed by atoms with E-state index in [9.17, 15) is 0 Å². The van der Waals surface area contributed by atoms with E-state index in [-0.39, 0.29) is 0 Å². The van der Waals surface area contributed by atoms with Crippen molar-refractivity contribution in [2.45, 2.75) is 32.6 Å². The molecule has 108 valence electrons. The van der Waals surface area contributed by atoms with Crippen molar-refractivity contribution in [2.75, 3.05) is 39.2 Å². The molecule has 0 fully saturated rings. The van der Waals surface area contributed by atoms with Gasteiger partial charge in [0.25, 0.3) is 0 Å². The number of nitrogens with one attached hydrogen (secondary N) is 1. The van der Waals surface area contributed by atoms with Crippen molar-refractivity contribution in [2.24, 2.45) is 0 Å². The Morgan fingerprint density at radius 2 is 2.00 bits per heavy atom. The summed E-state index contributed by atoms with van der Waals surface area (Å²) in [5.41, 5.74) is 2.50. The van der Waals surface area contributed by atoms with E-state index in [1.165, 1.54) is 24.1 Å². The van der Waals surface area contributed by atoms with E-state index in [2.05, 4.69) is 49.3 Å². The van der Waals surface area contributed by atoms with Crippen molar-refractivity contribution < 1.29 is 4.74 Å². The van der Waals surface area contributed by atoms with Gasteiger partial charge in [-0.3, -0.25) is 0 Å². The number of hydrogen-bond donors (Lipinski definition) is 1. The molecule has 0 aliphatic heterocycles. The fourth-order valence-corrected chi connectivity index (χ4v) is 2.14. The Morgan fingerprint density at radius 3 is 2.58 bits per heavy atom. The second-order valence-electron chi connectivity index (χ2n) is 5.32. The zero-order valence-electron chi connectivity index (χ0n) is 13.0. The lowest BCUT2D eigenvalue weighted by Gasteiger charge is -2.22. The molecule has 0 radical (unpaired) electrons. The van der Waals surface area contributed by atoms with Crippen LogP contribution in [-0.4, -0.2) is 34.3 Å². The van der Waals surface area contributed by atoms with Crippen molar-refractivity contribution in [1.82, 2.24) is 5.32 Å². The van der Waals surface area contributed by atoms with Crippen LogP contribution in [0.3, 0.4) is 0 Å². The Morgan fingerprint density at radius 1 is 1.26 bits per heavy atom. The molecule has 0 unspecified atom stereocenters. The summed E-state index contributed by atoms with van der Waals surface area (Å²) in [6.07, 6.45) is 2.39. The highest BCUT2D eigenvalue weighted by Crippen LogP contribution is 2.31. The Labute approximate surface area is 118 Å². The quantitative estimate of drug-likeness (QED) is 0.729. The van der Waals surface area contributed by atoms with Crippen molar-refractivity contribution >= 4 is 5.69 Å². The summed E-state index contributed by atoms with van der Waals surface area (Å²) in [4.78, 5) is 2.28. The zero-order chi connectivity index (χ0) is 14.3. The smallest absolute Gasteiger partial charge is 0.142 e. The van der Waals surface area contributed by atoms with Crippen LogP contribution in [0.2, 0.25) is 0 Å². The normalized spacial score (nSPS) is 10.8. The van der Waals surface area contributed by atoms with Gasteiger partial charge in [-0.2, -0.15) is 0 Å². The third kappa shape index (κ3) is 4.75. The molecule has 1 aromatic carbocycles. The van der Waals surface area contributed by atoms with Crippen LogP contribution in [0.5, 0.6) is 5.75 Å². The Bertz CT molecular complexity index is 377. The number of ether oxygens (including phenoxy) is 1. The van der Waals surface area contributed by atoms with Gasteiger partial charge in [0.15, 0.2) is 0 Å². The minimum Gasteiger partial charge on any atom is -0.495 e. The molecule has 1 rings (SSSR count). The van der Waals surface area contributed by atoms with Gasteiger partial charge < -0.3 is 15.0 Å². The topological polar surface area (TPSA) is 24.5 Å². The van der Waals surface area contributed by atoms with Crippen LogP contribution in [0, 0.1) is 0 Å². The summed E-state index contributed by atoms with van der Waals surface area (Å²) >= 11 is 0. The molecule has 0 atom stereocenters. The first-order chi connectivity index (χ1) is 9.10. The molecule has 0 aliphatic carbocycles. The van der Waals surface area contributed by atoms with Crippen LogP contribution in [0.15, 0.2) is 18.2 Å². The van der Waals surface area contributed by atoms with Gasteiger partial charge in [-0.05, 0) is 50.0 Å². The Kier molecular flexibility index (Phi) is 6.71. The van der Waals surface area contributed by atoms with Gasteiger partial charge in [-0.1, -0.05) is 19.9 Å². The van der Waals surface area contributed by atoms with Crippen LogP contribution in [0.1, 0.15) is 38.2 Å². The van der Waals surface area contributed by atoms with Gasteiger partial charge >= 0.3 is 0 Å².